The van der Waals surface area contributed by atoms with Gasteiger partial charge in [-0.1, -0.05) is 47.7 Å². The number of nitrogens with zero attached hydrogens (tertiary/aromatic N) is 2. The fraction of sp³-hybridized carbons (Fsp3) is 0.227. The average Bonchev–Trinajstić information content (AvgIpc) is 3.04. The number of carbonyl (C=O) groups excluding carboxylic acids is 1. The molecule has 3 aromatic rings. The zero-order valence-corrected chi connectivity index (χ0v) is 18.5. The number of ether oxygens (including phenoxy) is 1. The molecule has 2 aromatic carbocycles. The monoisotopic (exact) mass is 480 g/mol. The van der Waals surface area contributed by atoms with Crippen LogP contribution in [-0.4, -0.2) is 28.5 Å². The predicted molar refractivity (Wildman–Crippen MR) is 119 cm³/mol. The summed E-state index contributed by atoms with van der Waals surface area (Å²) < 4.78 is 45.4. The molecular weight excluding hydrogens is 461 g/mol. The molecular formula is C22H19F3N2O3S2. The van der Waals surface area contributed by atoms with Crippen molar-refractivity contribution in [2.45, 2.75) is 25.6 Å². The number of thiazole rings is 1. The topological polar surface area (TPSA) is 63.8 Å². The second kappa shape index (κ2) is 10.1. The van der Waals surface area contributed by atoms with Gasteiger partial charge in [0.25, 0.3) is 0 Å². The van der Waals surface area contributed by atoms with E-state index in [4.69, 9.17) is 17.0 Å². The molecule has 0 bridgehead atoms. The van der Waals surface area contributed by atoms with Gasteiger partial charge in [-0.2, -0.15) is 13.2 Å². The summed E-state index contributed by atoms with van der Waals surface area (Å²) in [6, 6.07) is 12.8. The van der Waals surface area contributed by atoms with Gasteiger partial charge in [0.15, 0.2) is 3.95 Å². The van der Waals surface area contributed by atoms with Gasteiger partial charge in [-0.25, -0.2) is 4.79 Å². The summed E-state index contributed by atoms with van der Waals surface area (Å²) in [5, 5.41) is 10.8. The summed E-state index contributed by atoms with van der Waals surface area (Å²) in [6.45, 7) is 1.84. The fourth-order valence-corrected chi connectivity index (χ4v) is 4.28. The van der Waals surface area contributed by atoms with Crippen molar-refractivity contribution >= 4 is 41.4 Å². The van der Waals surface area contributed by atoms with Gasteiger partial charge in [0.2, 0.25) is 5.88 Å². The Morgan fingerprint density at radius 2 is 1.97 bits per heavy atom. The van der Waals surface area contributed by atoms with Gasteiger partial charge in [-0.05, 0) is 42.9 Å². The highest BCUT2D eigenvalue weighted by atomic mass is 32.1. The summed E-state index contributed by atoms with van der Waals surface area (Å²) in [6.07, 6.45) is -3.02. The Morgan fingerprint density at radius 1 is 1.25 bits per heavy atom. The number of alkyl halides is 3. The van der Waals surface area contributed by atoms with Gasteiger partial charge >= 0.3 is 12.1 Å². The first-order valence-electron chi connectivity index (χ1n) is 9.57. The van der Waals surface area contributed by atoms with Crippen LogP contribution in [0.5, 0.6) is 5.88 Å². The first kappa shape index (κ1) is 23.7. The van der Waals surface area contributed by atoms with Crippen molar-refractivity contribution < 1.29 is 27.8 Å². The second-order valence-electron chi connectivity index (χ2n) is 6.69. The van der Waals surface area contributed by atoms with E-state index in [-0.39, 0.29) is 33.4 Å². The number of carbonyl (C=O) groups is 1. The minimum Gasteiger partial charge on any atom is -0.493 e. The molecule has 1 heterocycles. The van der Waals surface area contributed by atoms with Crippen molar-refractivity contribution in [2.75, 3.05) is 6.61 Å². The molecule has 1 atom stereocenters. The lowest BCUT2D eigenvalue weighted by atomic mass is 10.1. The van der Waals surface area contributed by atoms with Crippen LogP contribution in [-0.2, 0) is 22.1 Å². The molecule has 3 rings (SSSR count). The van der Waals surface area contributed by atoms with Crippen LogP contribution in [0.2, 0.25) is 0 Å². The molecule has 0 saturated heterocycles. The summed E-state index contributed by atoms with van der Waals surface area (Å²) in [7, 11) is 0. The van der Waals surface area contributed by atoms with Gasteiger partial charge in [-0.15, -0.1) is 0 Å². The van der Waals surface area contributed by atoms with Crippen LogP contribution < -0.4 is 0 Å². The Kier molecular flexibility index (Phi) is 7.47. The molecule has 1 N–H and O–H groups in total. The van der Waals surface area contributed by atoms with Crippen molar-refractivity contribution in [3.8, 4) is 5.88 Å². The number of esters is 1. The van der Waals surface area contributed by atoms with Crippen molar-refractivity contribution in [3.05, 3.63) is 74.6 Å². The first-order chi connectivity index (χ1) is 15.2. The predicted octanol–water partition coefficient (Wildman–Crippen LogP) is 6.10. The molecule has 0 aliphatic rings. The molecule has 1 unspecified atom stereocenters. The van der Waals surface area contributed by atoms with Crippen molar-refractivity contribution in [1.29, 1.82) is 0 Å². The van der Waals surface area contributed by atoms with E-state index in [9.17, 15) is 23.1 Å². The molecule has 0 saturated carbocycles. The van der Waals surface area contributed by atoms with Crippen molar-refractivity contribution in [1.82, 2.24) is 4.57 Å². The molecule has 0 aliphatic carbocycles. The maximum atomic E-state index is 12.9. The molecule has 0 fully saturated rings. The minimum absolute atomic E-state index is 0.0660. The maximum Gasteiger partial charge on any atom is 0.416 e. The van der Waals surface area contributed by atoms with E-state index in [2.05, 4.69) is 4.99 Å². The Hall–Kier alpha value is -2.98. The van der Waals surface area contributed by atoms with Crippen LogP contribution in [0.1, 0.15) is 29.0 Å². The van der Waals surface area contributed by atoms with Gasteiger partial charge in [-0.3, -0.25) is 9.56 Å². The summed E-state index contributed by atoms with van der Waals surface area (Å²) in [5.41, 5.74) is 0.0837. The molecule has 32 heavy (non-hydrogen) atoms. The highest BCUT2D eigenvalue weighted by Crippen LogP contribution is 2.33. The molecule has 0 radical (unpaired) electrons. The third-order valence-electron chi connectivity index (χ3n) is 4.49. The summed E-state index contributed by atoms with van der Waals surface area (Å²) in [5.74, 6) is -0.855. The smallest absolute Gasteiger partial charge is 0.416 e. The number of aromatic nitrogens is 1. The van der Waals surface area contributed by atoms with Crippen molar-refractivity contribution in [3.63, 3.8) is 0 Å². The Balaban J connectivity index is 1.95. The van der Waals surface area contributed by atoms with Crippen LogP contribution >= 0.6 is 23.6 Å². The van der Waals surface area contributed by atoms with Crippen LogP contribution in [0.3, 0.4) is 0 Å². The van der Waals surface area contributed by atoms with E-state index in [1.807, 2.05) is 30.3 Å². The highest BCUT2D eigenvalue weighted by Gasteiger charge is 2.30. The normalized spacial score (nSPS) is 12.8. The highest BCUT2D eigenvalue weighted by molar-refractivity contribution is 7.73. The molecule has 168 valence electrons. The molecule has 0 amide bonds. The fourth-order valence-electron chi connectivity index (χ4n) is 3.00. The Morgan fingerprint density at radius 3 is 2.62 bits per heavy atom. The standard InChI is InChI=1S/C22H19F3N2O3S2/c1-2-30-20(29)17(11-14-7-4-3-5-8-14)27-19(28)18(32-21(27)31)13-26-16-10-6-9-15(12-16)22(23,24)25/h3-10,12-13,17,28H,2,11H2,1H3. The van der Waals surface area contributed by atoms with Gasteiger partial charge in [0, 0.05) is 6.42 Å². The number of hydrogen-bond acceptors (Lipinski definition) is 6. The molecule has 5 nitrogen and oxygen atoms in total. The summed E-state index contributed by atoms with van der Waals surface area (Å²) in [4.78, 5) is 16.9. The maximum absolute atomic E-state index is 12.9. The number of rotatable bonds is 7. The lowest BCUT2D eigenvalue weighted by Crippen LogP contribution is -2.24. The quantitative estimate of drug-likeness (QED) is 0.252. The number of aromatic hydroxyl groups is 1. The zero-order chi connectivity index (χ0) is 23.3. The van der Waals surface area contributed by atoms with Crippen LogP contribution in [0.15, 0.2) is 59.6 Å². The van der Waals surface area contributed by atoms with Gasteiger partial charge < -0.3 is 9.84 Å². The van der Waals surface area contributed by atoms with E-state index in [1.165, 1.54) is 22.9 Å². The van der Waals surface area contributed by atoms with Gasteiger partial charge in [0.1, 0.15) is 10.9 Å². The molecule has 0 aliphatic heterocycles. The van der Waals surface area contributed by atoms with E-state index >= 15 is 0 Å². The summed E-state index contributed by atoms with van der Waals surface area (Å²) >= 11 is 6.35. The van der Waals surface area contributed by atoms with Crippen molar-refractivity contribution in [2.24, 2.45) is 4.99 Å². The Bertz CT molecular complexity index is 1170. The largest absolute Gasteiger partial charge is 0.493 e. The SMILES string of the molecule is CCOC(=O)C(Cc1ccccc1)n1c(O)c(C=Nc2cccc(C(F)(F)F)c2)sc1=S. The lowest BCUT2D eigenvalue weighted by molar-refractivity contribution is -0.147. The number of hydrogen-bond donors (Lipinski definition) is 1. The number of halogens is 3. The first-order valence-corrected chi connectivity index (χ1v) is 10.8. The average molecular weight is 481 g/mol. The molecule has 10 heteroatoms. The van der Waals surface area contributed by atoms with E-state index in [0.29, 0.717) is 0 Å². The van der Waals surface area contributed by atoms with E-state index in [1.54, 1.807) is 6.92 Å². The van der Waals surface area contributed by atoms with Gasteiger partial charge in [0.05, 0.1) is 24.1 Å². The minimum atomic E-state index is -4.49. The number of benzene rings is 2. The third kappa shape index (κ3) is 5.63. The third-order valence-corrected chi connectivity index (χ3v) is 5.82. The Labute approximate surface area is 191 Å². The molecule has 1 aromatic heterocycles. The second-order valence-corrected chi connectivity index (χ2v) is 8.37. The lowest BCUT2D eigenvalue weighted by Gasteiger charge is -2.18. The zero-order valence-electron chi connectivity index (χ0n) is 16.9. The van der Waals surface area contributed by atoms with Crippen LogP contribution in [0.4, 0.5) is 18.9 Å². The molecule has 0 spiro atoms. The van der Waals surface area contributed by atoms with Crippen LogP contribution in [0.25, 0.3) is 0 Å². The van der Waals surface area contributed by atoms with E-state index in [0.717, 1.165) is 29.0 Å². The van der Waals surface area contributed by atoms with E-state index < -0.39 is 23.8 Å². The number of aliphatic imine (C=N–C) groups is 1. The van der Waals surface area contributed by atoms with Crippen LogP contribution in [0, 0.1) is 3.95 Å².